The predicted molar refractivity (Wildman–Crippen MR) is 93.1 cm³/mol. The van der Waals surface area contributed by atoms with Crippen LogP contribution in [0.15, 0.2) is 24.3 Å². The van der Waals surface area contributed by atoms with Crippen LogP contribution in [0.4, 0.5) is 5.69 Å². The molecule has 0 saturated heterocycles. The maximum Gasteiger partial charge on any atom is 0.338 e. The molecule has 0 atom stereocenters. The number of amides is 2. The van der Waals surface area contributed by atoms with Gasteiger partial charge in [0.1, 0.15) is 5.41 Å². The summed E-state index contributed by atoms with van der Waals surface area (Å²) >= 11 is 0. The van der Waals surface area contributed by atoms with Crippen molar-refractivity contribution in [1.82, 2.24) is 5.32 Å². The lowest BCUT2D eigenvalue weighted by molar-refractivity contribution is -0.134. The first kappa shape index (κ1) is 17.5. The van der Waals surface area contributed by atoms with Crippen LogP contribution in [0.3, 0.4) is 0 Å². The van der Waals surface area contributed by atoms with Crippen LogP contribution in [0, 0.1) is 5.41 Å². The van der Waals surface area contributed by atoms with Crippen molar-refractivity contribution in [3.05, 3.63) is 29.8 Å². The van der Waals surface area contributed by atoms with E-state index >= 15 is 0 Å². The van der Waals surface area contributed by atoms with Gasteiger partial charge in [-0.2, -0.15) is 0 Å². The van der Waals surface area contributed by atoms with Crippen LogP contribution in [0.2, 0.25) is 0 Å². The van der Waals surface area contributed by atoms with E-state index in [9.17, 15) is 14.4 Å². The summed E-state index contributed by atoms with van der Waals surface area (Å²) in [5.41, 5.74) is 0.0699. The van der Waals surface area contributed by atoms with Gasteiger partial charge in [-0.05, 0) is 56.9 Å². The van der Waals surface area contributed by atoms with E-state index < -0.39 is 11.4 Å². The third-order valence-corrected chi connectivity index (χ3v) is 4.96. The summed E-state index contributed by atoms with van der Waals surface area (Å²) in [5.74, 6) is -0.818. The Hall–Kier alpha value is -2.37. The van der Waals surface area contributed by atoms with E-state index in [1.807, 2.05) is 0 Å². The summed E-state index contributed by atoms with van der Waals surface area (Å²) in [4.78, 5) is 36.7. The number of anilines is 1. The molecule has 134 valence electrons. The molecular weight excluding hydrogens is 320 g/mol. The lowest BCUT2D eigenvalue weighted by Crippen LogP contribution is -2.43. The zero-order valence-electron chi connectivity index (χ0n) is 14.5. The number of nitrogens with one attached hydrogen (secondary N) is 2. The van der Waals surface area contributed by atoms with Gasteiger partial charge in [-0.25, -0.2) is 4.79 Å². The summed E-state index contributed by atoms with van der Waals surface area (Å²) < 4.78 is 4.93. The van der Waals surface area contributed by atoms with Gasteiger partial charge in [0.15, 0.2) is 0 Å². The number of hydrogen-bond donors (Lipinski definition) is 2. The number of hydrogen-bond acceptors (Lipinski definition) is 4. The van der Waals surface area contributed by atoms with Crippen LogP contribution in [0.1, 0.15) is 55.8 Å². The average Bonchev–Trinajstić information content (AvgIpc) is 3.28. The Kier molecular flexibility index (Phi) is 5.06. The molecule has 3 rings (SSSR count). The molecule has 0 aromatic heterocycles. The fraction of sp³-hybridized carbons (Fsp3) is 0.526. The highest BCUT2D eigenvalue weighted by Gasteiger charge is 2.56. The Labute approximate surface area is 147 Å². The fourth-order valence-electron chi connectivity index (χ4n) is 3.23. The molecule has 2 amide bonds. The van der Waals surface area contributed by atoms with Gasteiger partial charge in [0.2, 0.25) is 11.8 Å². The van der Waals surface area contributed by atoms with Crippen LogP contribution in [0.25, 0.3) is 0 Å². The molecule has 2 fully saturated rings. The Morgan fingerprint density at radius 2 is 1.72 bits per heavy atom. The molecule has 25 heavy (non-hydrogen) atoms. The molecule has 2 aliphatic rings. The van der Waals surface area contributed by atoms with E-state index in [2.05, 4.69) is 10.6 Å². The predicted octanol–water partition coefficient (Wildman–Crippen LogP) is 2.64. The smallest absolute Gasteiger partial charge is 0.338 e. The summed E-state index contributed by atoms with van der Waals surface area (Å²) in [7, 11) is 0. The second kappa shape index (κ2) is 7.25. The Balaban J connectivity index is 1.59. The maximum atomic E-state index is 12.6. The van der Waals surface area contributed by atoms with Crippen molar-refractivity contribution < 1.29 is 19.1 Å². The number of esters is 1. The third-order valence-electron chi connectivity index (χ3n) is 4.96. The molecule has 0 bridgehead atoms. The molecular formula is C19H24N2O4. The van der Waals surface area contributed by atoms with E-state index in [1.165, 1.54) is 0 Å². The van der Waals surface area contributed by atoms with Crippen molar-refractivity contribution in [3.63, 3.8) is 0 Å². The van der Waals surface area contributed by atoms with Gasteiger partial charge in [0, 0.05) is 11.7 Å². The fourth-order valence-corrected chi connectivity index (χ4v) is 3.23. The normalized spacial score (nSPS) is 18.4. The highest BCUT2D eigenvalue weighted by molar-refractivity contribution is 6.13. The van der Waals surface area contributed by atoms with E-state index in [0.717, 1.165) is 25.7 Å². The first-order chi connectivity index (χ1) is 12.0. The molecule has 0 unspecified atom stereocenters. The van der Waals surface area contributed by atoms with Crippen LogP contribution in [0.5, 0.6) is 0 Å². The summed E-state index contributed by atoms with van der Waals surface area (Å²) in [6.07, 6.45) is 5.43. The molecule has 2 N–H and O–H groups in total. The largest absolute Gasteiger partial charge is 0.462 e. The second-order valence-electron chi connectivity index (χ2n) is 6.79. The number of rotatable bonds is 6. The van der Waals surface area contributed by atoms with Crippen molar-refractivity contribution >= 4 is 23.5 Å². The highest BCUT2D eigenvalue weighted by atomic mass is 16.5. The van der Waals surface area contributed by atoms with Crippen molar-refractivity contribution in [1.29, 1.82) is 0 Å². The Morgan fingerprint density at radius 3 is 2.28 bits per heavy atom. The SMILES string of the molecule is CCOC(=O)c1ccc(NC(=O)C2(C(=O)NC3CCCC3)CC2)cc1. The third kappa shape index (κ3) is 3.83. The van der Waals surface area contributed by atoms with E-state index in [1.54, 1.807) is 31.2 Å². The monoisotopic (exact) mass is 344 g/mol. The molecule has 1 aromatic carbocycles. The molecule has 0 heterocycles. The van der Waals surface area contributed by atoms with Gasteiger partial charge in [0.25, 0.3) is 0 Å². The van der Waals surface area contributed by atoms with E-state index in [0.29, 0.717) is 30.7 Å². The molecule has 2 saturated carbocycles. The molecule has 2 aliphatic carbocycles. The summed E-state index contributed by atoms with van der Waals surface area (Å²) in [5, 5.41) is 5.82. The van der Waals surface area contributed by atoms with Crippen molar-refractivity contribution in [2.24, 2.45) is 5.41 Å². The standard InChI is InChI=1S/C19H24N2O4/c1-2-25-16(22)13-7-9-15(10-8-13)21-18(24)19(11-12-19)17(23)20-14-5-3-4-6-14/h7-10,14H,2-6,11-12H2,1H3,(H,20,23)(H,21,24). The van der Waals surface area contributed by atoms with Gasteiger partial charge in [-0.1, -0.05) is 12.8 Å². The van der Waals surface area contributed by atoms with Gasteiger partial charge < -0.3 is 15.4 Å². The summed E-state index contributed by atoms with van der Waals surface area (Å²) in [6, 6.07) is 6.71. The minimum absolute atomic E-state index is 0.153. The zero-order valence-corrected chi connectivity index (χ0v) is 14.5. The second-order valence-corrected chi connectivity index (χ2v) is 6.79. The van der Waals surface area contributed by atoms with E-state index in [-0.39, 0.29) is 17.9 Å². The summed E-state index contributed by atoms with van der Waals surface area (Å²) in [6.45, 7) is 2.06. The van der Waals surface area contributed by atoms with Crippen LogP contribution < -0.4 is 10.6 Å². The van der Waals surface area contributed by atoms with Crippen molar-refractivity contribution in [2.75, 3.05) is 11.9 Å². The lowest BCUT2D eigenvalue weighted by atomic mass is 10.0. The minimum atomic E-state index is -0.928. The number of benzene rings is 1. The van der Waals surface area contributed by atoms with Gasteiger partial charge in [0.05, 0.1) is 12.2 Å². The molecule has 0 spiro atoms. The molecule has 6 heteroatoms. The Bertz CT molecular complexity index is 659. The van der Waals surface area contributed by atoms with Crippen LogP contribution in [-0.4, -0.2) is 30.4 Å². The molecule has 1 aromatic rings. The van der Waals surface area contributed by atoms with Gasteiger partial charge in [-0.15, -0.1) is 0 Å². The van der Waals surface area contributed by atoms with Crippen LogP contribution in [-0.2, 0) is 14.3 Å². The maximum absolute atomic E-state index is 12.6. The first-order valence-electron chi connectivity index (χ1n) is 8.95. The zero-order chi connectivity index (χ0) is 17.9. The molecule has 0 aliphatic heterocycles. The number of ether oxygens (including phenoxy) is 1. The van der Waals surface area contributed by atoms with Gasteiger partial charge >= 0.3 is 5.97 Å². The minimum Gasteiger partial charge on any atom is -0.462 e. The average molecular weight is 344 g/mol. The molecule has 6 nitrogen and oxygen atoms in total. The van der Waals surface area contributed by atoms with Crippen LogP contribution >= 0.6 is 0 Å². The van der Waals surface area contributed by atoms with Crippen molar-refractivity contribution in [2.45, 2.75) is 51.5 Å². The first-order valence-corrected chi connectivity index (χ1v) is 8.95. The highest BCUT2D eigenvalue weighted by Crippen LogP contribution is 2.47. The topological polar surface area (TPSA) is 84.5 Å². The number of carbonyl (C=O) groups is 3. The quantitative estimate of drug-likeness (QED) is 0.614. The van der Waals surface area contributed by atoms with E-state index in [4.69, 9.17) is 4.74 Å². The number of carbonyl (C=O) groups excluding carboxylic acids is 3. The van der Waals surface area contributed by atoms with Crippen molar-refractivity contribution in [3.8, 4) is 0 Å². The lowest BCUT2D eigenvalue weighted by Gasteiger charge is -2.18. The Morgan fingerprint density at radius 1 is 1.08 bits per heavy atom. The molecule has 0 radical (unpaired) electrons. The van der Waals surface area contributed by atoms with Gasteiger partial charge in [-0.3, -0.25) is 9.59 Å².